The minimum absolute atomic E-state index is 0.0502. The molecular weight excluding hydrogens is 453 g/mol. The van der Waals surface area contributed by atoms with Crippen LogP contribution in [0.2, 0.25) is 22.4 Å². The van der Waals surface area contributed by atoms with Crippen molar-refractivity contribution < 1.29 is 4.74 Å². The molecule has 3 heteroatoms. The van der Waals surface area contributed by atoms with Crippen LogP contribution in [0.4, 0.5) is 0 Å². The fourth-order valence-corrected chi connectivity index (χ4v) is 9.00. The maximum Gasteiger partial charge on any atom is 0.0470 e. The molecule has 175 valence electrons. The predicted molar refractivity (Wildman–Crippen MR) is 144 cm³/mol. The van der Waals surface area contributed by atoms with Crippen LogP contribution in [-0.2, 0) is 0 Å². The van der Waals surface area contributed by atoms with E-state index in [2.05, 4.69) is 120 Å². The molecular formula is C28H49GeOSi. The summed E-state index contributed by atoms with van der Waals surface area (Å²) >= 11 is -0.328. The van der Waals surface area contributed by atoms with Crippen molar-refractivity contribution >= 4 is 28.6 Å². The summed E-state index contributed by atoms with van der Waals surface area (Å²) in [6, 6.07) is 8.80. The maximum atomic E-state index is 5.34. The average molecular weight is 502 g/mol. The molecule has 2 rings (SSSR count). The van der Waals surface area contributed by atoms with Gasteiger partial charge in [-0.15, -0.1) is 0 Å². The number of rotatable bonds is 3. The Morgan fingerprint density at radius 1 is 0.710 bits per heavy atom. The number of methoxy groups -OCH3 is 1. The van der Waals surface area contributed by atoms with Gasteiger partial charge in [-0.1, -0.05) is 33.9 Å². The first-order valence-electron chi connectivity index (χ1n) is 11.7. The number of hydrogen-bond donors (Lipinski definition) is 0. The summed E-state index contributed by atoms with van der Waals surface area (Å²) in [5.74, 6) is 0.950. The largest absolute Gasteiger partial charge is 0.0709 e. The molecule has 0 fully saturated rings. The molecule has 0 atom stereocenters. The van der Waals surface area contributed by atoms with Crippen molar-refractivity contribution in [2.45, 2.75) is 105 Å². The molecule has 1 aromatic rings. The minimum Gasteiger partial charge on any atom is -0.0709 e. The summed E-state index contributed by atoms with van der Waals surface area (Å²) in [5.41, 5.74) is 4.20. The number of allylic oxidation sites excluding steroid dienone is 2. The third-order valence-corrected chi connectivity index (χ3v) is 14.2. The van der Waals surface area contributed by atoms with E-state index in [1.165, 1.54) is 4.40 Å². The van der Waals surface area contributed by atoms with Crippen molar-refractivity contribution in [2.75, 3.05) is 7.11 Å². The van der Waals surface area contributed by atoms with Crippen molar-refractivity contribution in [3.8, 4) is 5.75 Å². The smallest absolute Gasteiger partial charge is 0.0470 e. The standard InChI is InChI=1S/C22H34GeO.C6H15Si/c1-19(2,3)17-18(20(4,5)6)22(17,21(7,8)9)23-15-11-13-16(24-10)14-12-15;1-6(2,3)7(4)5/h11-14H,1-10H3;1-5H3. The van der Waals surface area contributed by atoms with Crippen LogP contribution in [0.5, 0.6) is 5.75 Å². The molecule has 0 N–H and O–H groups in total. The van der Waals surface area contributed by atoms with Gasteiger partial charge in [0.1, 0.15) is 0 Å². The van der Waals surface area contributed by atoms with Gasteiger partial charge < -0.3 is 0 Å². The molecule has 0 bridgehead atoms. The van der Waals surface area contributed by atoms with Crippen molar-refractivity contribution in [1.29, 1.82) is 0 Å². The maximum absolute atomic E-state index is 5.34. The van der Waals surface area contributed by atoms with Gasteiger partial charge in [-0.05, 0) is 5.04 Å². The third kappa shape index (κ3) is 6.76. The zero-order chi connectivity index (χ0) is 24.6. The normalized spacial score (nSPS) is 16.8. The van der Waals surface area contributed by atoms with Crippen molar-refractivity contribution in [3.05, 3.63) is 35.4 Å². The molecule has 0 spiro atoms. The summed E-state index contributed by atoms with van der Waals surface area (Å²) in [4.78, 5) is 0. The summed E-state index contributed by atoms with van der Waals surface area (Å²) in [7, 11) is 1.69. The summed E-state index contributed by atoms with van der Waals surface area (Å²) < 4.78 is 7.16. The average Bonchev–Trinajstić information content (AvgIpc) is 3.26. The molecule has 3 radical (unpaired) electrons. The zero-order valence-electron chi connectivity index (χ0n) is 23.2. The number of benzene rings is 1. The van der Waals surface area contributed by atoms with E-state index in [0.29, 0.717) is 9.29 Å². The Balaban J connectivity index is 0.000000592. The topological polar surface area (TPSA) is 9.23 Å². The van der Waals surface area contributed by atoms with Crippen LogP contribution >= 0.6 is 0 Å². The summed E-state index contributed by atoms with van der Waals surface area (Å²) in [5, 5.41) is 0.602. The summed E-state index contributed by atoms with van der Waals surface area (Å²) in [6.45, 7) is 33.3. The van der Waals surface area contributed by atoms with Gasteiger partial charge in [0.05, 0.1) is 0 Å². The van der Waals surface area contributed by atoms with Crippen LogP contribution in [0.3, 0.4) is 0 Å². The van der Waals surface area contributed by atoms with Gasteiger partial charge in [0.2, 0.25) is 0 Å². The molecule has 1 aliphatic rings. The van der Waals surface area contributed by atoms with Gasteiger partial charge in [-0.3, -0.25) is 0 Å². The van der Waals surface area contributed by atoms with E-state index in [1.54, 1.807) is 18.3 Å². The molecule has 0 aliphatic heterocycles. The van der Waals surface area contributed by atoms with E-state index in [1.807, 2.05) is 0 Å². The van der Waals surface area contributed by atoms with E-state index in [4.69, 9.17) is 4.74 Å². The Bertz CT molecular complexity index is 736. The van der Waals surface area contributed by atoms with Crippen LogP contribution in [0, 0.1) is 16.2 Å². The van der Waals surface area contributed by atoms with E-state index in [0.717, 1.165) is 5.75 Å². The Morgan fingerprint density at radius 3 is 1.29 bits per heavy atom. The number of ether oxygens (including phenoxy) is 1. The second-order valence-corrected chi connectivity index (χ2v) is 20.2. The Labute approximate surface area is 202 Å². The first kappa shape index (κ1) is 28.6. The van der Waals surface area contributed by atoms with Crippen LogP contribution in [-0.4, -0.2) is 31.3 Å². The zero-order valence-corrected chi connectivity index (χ0v) is 26.3. The first-order valence-corrected chi connectivity index (χ1v) is 16.3. The molecule has 31 heavy (non-hydrogen) atoms. The fraction of sp³-hybridized carbons (Fsp3) is 0.714. The molecule has 1 aliphatic carbocycles. The van der Waals surface area contributed by atoms with Crippen LogP contribution in [0.25, 0.3) is 0 Å². The quantitative estimate of drug-likeness (QED) is 0.299. The fourth-order valence-electron chi connectivity index (χ4n) is 4.11. The molecule has 0 aromatic heterocycles. The first-order chi connectivity index (χ1) is 13.7. The van der Waals surface area contributed by atoms with Gasteiger partial charge in [0, 0.05) is 8.80 Å². The minimum atomic E-state index is -0.328. The SMILES string of the molecule is COc1cc[c]([Ge][C]2(C(C)(C)C)C(C(C)(C)C)=C2C(C)(C)C)cc1.C[Si](C)C(C)(C)C. The molecule has 0 heterocycles. The Hall–Kier alpha value is -0.480. The van der Waals surface area contributed by atoms with Crippen molar-refractivity contribution in [2.24, 2.45) is 16.2 Å². The van der Waals surface area contributed by atoms with E-state index in [9.17, 15) is 0 Å². The van der Waals surface area contributed by atoms with Crippen LogP contribution < -0.4 is 9.13 Å². The molecule has 0 saturated carbocycles. The van der Waals surface area contributed by atoms with Gasteiger partial charge in [0.15, 0.2) is 0 Å². The third-order valence-electron chi connectivity index (χ3n) is 6.48. The molecule has 1 aromatic carbocycles. The predicted octanol–water partition coefficient (Wildman–Crippen LogP) is 8.17. The van der Waals surface area contributed by atoms with Crippen LogP contribution in [0.15, 0.2) is 35.4 Å². The second kappa shape index (κ2) is 9.41. The van der Waals surface area contributed by atoms with E-state index < -0.39 is 0 Å². The number of hydrogen-bond acceptors (Lipinski definition) is 1. The van der Waals surface area contributed by atoms with E-state index >= 15 is 0 Å². The van der Waals surface area contributed by atoms with Crippen molar-refractivity contribution in [3.63, 3.8) is 0 Å². The van der Waals surface area contributed by atoms with Gasteiger partial charge in [-0.2, -0.15) is 0 Å². The van der Waals surface area contributed by atoms with Gasteiger partial charge in [-0.25, -0.2) is 0 Å². The van der Waals surface area contributed by atoms with Crippen molar-refractivity contribution in [1.82, 2.24) is 0 Å². The molecule has 0 amide bonds. The van der Waals surface area contributed by atoms with Crippen LogP contribution in [0.1, 0.15) is 83.1 Å². The molecule has 0 saturated heterocycles. The van der Waals surface area contributed by atoms with Gasteiger partial charge >= 0.3 is 156 Å². The molecule has 1 nitrogen and oxygen atoms in total. The Kier molecular flexibility index (Phi) is 8.66. The summed E-state index contributed by atoms with van der Waals surface area (Å²) in [6.07, 6.45) is 0. The monoisotopic (exact) mass is 503 g/mol. The van der Waals surface area contributed by atoms with E-state index in [-0.39, 0.29) is 40.5 Å². The van der Waals surface area contributed by atoms with Gasteiger partial charge in [0.25, 0.3) is 0 Å². The molecule has 0 unspecified atom stereocenters. The second-order valence-electron chi connectivity index (χ2n) is 13.4. The Morgan fingerprint density at radius 2 is 1.06 bits per heavy atom.